The summed E-state index contributed by atoms with van der Waals surface area (Å²) in [5.41, 5.74) is 0. The average Bonchev–Trinajstić information content (AvgIpc) is 2.18. The first-order valence-electron chi connectivity index (χ1n) is 5.19. The Labute approximate surface area is 89.5 Å². The molecule has 3 nitrogen and oxygen atoms in total. The third-order valence-electron chi connectivity index (χ3n) is 2.45. The lowest BCUT2D eigenvalue weighted by Gasteiger charge is -2.12. The van der Waals surface area contributed by atoms with E-state index in [1.807, 2.05) is 0 Å². The molecule has 1 N–H and O–H groups in total. The zero-order valence-electron chi connectivity index (χ0n) is 8.90. The van der Waals surface area contributed by atoms with E-state index in [2.05, 4.69) is 0 Å². The maximum absolute atomic E-state index is 11.6. The van der Waals surface area contributed by atoms with Gasteiger partial charge in [0.25, 0.3) is 0 Å². The van der Waals surface area contributed by atoms with Crippen molar-refractivity contribution in [3.63, 3.8) is 0 Å². The van der Waals surface area contributed by atoms with Gasteiger partial charge >= 0.3 is 0 Å². The number of rotatable bonds is 5. The summed E-state index contributed by atoms with van der Waals surface area (Å²) in [6.45, 7) is 1.53. The Bertz CT molecular complexity index is 313. The van der Waals surface area contributed by atoms with E-state index in [9.17, 15) is 9.59 Å². The molecular weight excluding hydrogens is 192 g/mol. The van der Waals surface area contributed by atoms with Gasteiger partial charge < -0.3 is 9.90 Å². The lowest BCUT2D eigenvalue weighted by Crippen LogP contribution is -2.13. The molecule has 0 amide bonds. The summed E-state index contributed by atoms with van der Waals surface area (Å²) in [4.78, 5) is 22.3. The van der Waals surface area contributed by atoms with Gasteiger partial charge in [0.1, 0.15) is 17.3 Å². The molecule has 1 aliphatic rings. The zero-order valence-corrected chi connectivity index (χ0v) is 8.90. The molecule has 3 heteroatoms. The fraction of sp³-hybridized carbons (Fsp3) is 0.500. The van der Waals surface area contributed by atoms with E-state index in [1.165, 1.54) is 6.92 Å². The molecule has 0 radical (unpaired) electrons. The van der Waals surface area contributed by atoms with E-state index in [4.69, 9.17) is 5.11 Å². The highest BCUT2D eigenvalue weighted by molar-refractivity contribution is 5.84. The van der Waals surface area contributed by atoms with Gasteiger partial charge in [0.15, 0.2) is 0 Å². The minimum absolute atomic E-state index is 0.118. The lowest BCUT2D eigenvalue weighted by molar-refractivity contribution is -0.121. The van der Waals surface area contributed by atoms with Crippen molar-refractivity contribution < 1.29 is 14.7 Å². The topological polar surface area (TPSA) is 54.4 Å². The second kappa shape index (κ2) is 5.49. The number of aliphatic hydroxyl groups is 1. The maximum Gasteiger partial charge on any atom is 0.140 e. The molecule has 0 bridgehead atoms. The molecule has 1 atom stereocenters. The second-order valence-electron chi connectivity index (χ2n) is 3.85. The van der Waals surface area contributed by atoms with Crippen molar-refractivity contribution in [2.75, 3.05) is 0 Å². The fourth-order valence-electron chi connectivity index (χ4n) is 1.54. The summed E-state index contributed by atoms with van der Waals surface area (Å²) in [6.07, 6.45) is 7.05. The van der Waals surface area contributed by atoms with Crippen molar-refractivity contribution in [2.45, 2.75) is 32.6 Å². The zero-order chi connectivity index (χ0) is 11.3. The van der Waals surface area contributed by atoms with Crippen molar-refractivity contribution in [2.24, 2.45) is 5.92 Å². The number of hydrogen-bond acceptors (Lipinski definition) is 3. The molecule has 0 spiro atoms. The summed E-state index contributed by atoms with van der Waals surface area (Å²) in [5.74, 6) is 0.381. The number of Topliss-reactive ketones (excluding diaryl/α,β-unsaturated/α-hetero) is 2. The summed E-state index contributed by atoms with van der Waals surface area (Å²) < 4.78 is 0. The van der Waals surface area contributed by atoms with Crippen LogP contribution in [0.1, 0.15) is 32.6 Å². The third-order valence-corrected chi connectivity index (χ3v) is 2.45. The minimum Gasteiger partial charge on any atom is -0.508 e. The number of carbonyl (C=O) groups is 2. The number of aliphatic hydroxyl groups excluding tert-OH is 1. The lowest BCUT2D eigenvalue weighted by atomic mass is 9.92. The van der Waals surface area contributed by atoms with Crippen LogP contribution < -0.4 is 0 Å². The van der Waals surface area contributed by atoms with E-state index >= 15 is 0 Å². The predicted octanol–water partition coefficient (Wildman–Crippen LogP) is 2.33. The Morgan fingerprint density at radius 2 is 2.20 bits per heavy atom. The Kier molecular flexibility index (Phi) is 4.28. The Balaban J connectivity index is 2.30. The van der Waals surface area contributed by atoms with Crippen molar-refractivity contribution >= 4 is 11.6 Å². The largest absolute Gasteiger partial charge is 0.508 e. The van der Waals surface area contributed by atoms with E-state index in [1.54, 1.807) is 18.2 Å². The first-order valence-corrected chi connectivity index (χ1v) is 5.19. The normalized spacial score (nSPS) is 19.8. The molecule has 0 aromatic rings. The van der Waals surface area contributed by atoms with Crippen molar-refractivity contribution in [3.8, 4) is 0 Å². The van der Waals surface area contributed by atoms with Gasteiger partial charge in [-0.25, -0.2) is 0 Å². The van der Waals surface area contributed by atoms with E-state index in [0.29, 0.717) is 25.7 Å². The van der Waals surface area contributed by atoms with Gasteiger partial charge in [-0.2, -0.15) is 0 Å². The van der Waals surface area contributed by atoms with Gasteiger partial charge in [0, 0.05) is 18.8 Å². The Morgan fingerprint density at radius 1 is 1.47 bits per heavy atom. The number of ketones is 2. The SMILES string of the molecule is CC(=O)CCCC(=O)C1C=CC(O)=CC1. The molecule has 0 aliphatic heterocycles. The molecule has 15 heavy (non-hydrogen) atoms. The van der Waals surface area contributed by atoms with Crippen molar-refractivity contribution in [3.05, 3.63) is 24.0 Å². The van der Waals surface area contributed by atoms with Gasteiger partial charge in [0.05, 0.1) is 0 Å². The number of carbonyl (C=O) groups excluding carboxylic acids is 2. The molecular formula is C12H16O3. The van der Waals surface area contributed by atoms with Crippen LogP contribution in [0, 0.1) is 5.92 Å². The van der Waals surface area contributed by atoms with E-state index < -0.39 is 0 Å². The van der Waals surface area contributed by atoms with Crippen molar-refractivity contribution in [1.29, 1.82) is 0 Å². The molecule has 82 valence electrons. The number of allylic oxidation sites excluding steroid dienone is 3. The van der Waals surface area contributed by atoms with Crippen molar-refractivity contribution in [1.82, 2.24) is 0 Å². The molecule has 0 fully saturated rings. The highest BCUT2D eigenvalue weighted by Crippen LogP contribution is 2.18. The predicted molar refractivity (Wildman–Crippen MR) is 57.5 cm³/mol. The Morgan fingerprint density at radius 3 is 2.73 bits per heavy atom. The van der Waals surface area contributed by atoms with Crippen LogP contribution in [0.3, 0.4) is 0 Å². The van der Waals surface area contributed by atoms with E-state index in [0.717, 1.165) is 0 Å². The molecule has 1 unspecified atom stereocenters. The number of hydrogen-bond donors (Lipinski definition) is 1. The van der Waals surface area contributed by atoms with Gasteiger partial charge in [-0.1, -0.05) is 6.08 Å². The highest BCUT2D eigenvalue weighted by Gasteiger charge is 2.16. The molecule has 0 saturated heterocycles. The molecule has 0 aromatic heterocycles. The van der Waals surface area contributed by atoms with Crippen LogP contribution in [-0.4, -0.2) is 16.7 Å². The van der Waals surface area contributed by atoms with Crippen LogP contribution in [0.4, 0.5) is 0 Å². The van der Waals surface area contributed by atoms with Gasteiger partial charge in [-0.3, -0.25) is 4.79 Å². The highest BCUT2D eigenvalue weighted by atomic mass is 16.3. The monoisotopic (exact) mass is 208 g/mol. The van der Waals surface area contributed by atoms with Crippen LogP contribution in [0.2, 0.25) is 0 Å². The van der Waals surface area contributed by atoms with Crippen LogP contribution in [0.5, 0.6) is 0 Å². The van der Waals surface area contributed by atoms with Crippen LogP contribution >= 0.6 is 0 Å². The van der Waals surface area contributed by atoms with Gasteiger partial charge in [0.2, 0.25) is 0 Å². The maximum atomic E-state index is 11.6. The molecule has 0 aromatic carbocycles. The second-order valence-corrected chi connectivity index (χ2v) is 3.85. The minimum atomic E-state index is -0.118. The molecule has 1 aliphatic carbocycles. The first-order chi connectivity index (χ1) is 7.09. The first kappa shape index (κ1) is 11.7. The molecule has 0 saturated carbocycles. The Hall–Kier alpha value is -1.38. The summed E-state index contributed by atoms with van der Waals surface area (Å²) >= 11 is 0. The standard InChI is InChI=1S/C12H16O3/c1-9(13)3-2-4-12(15)10-5-7-11(14)8-6-10/h5,7-8,10,14H,2-4,6H2,1H3. The average molecular weight is 208 g/mol. The third kappa shape index (κ3) is 4.11. The molecule has 0 heterocycles. The summed E-state index contributed by atoms with van der Waals surface area (Å²) in [7, 11) is 0. The summed E-state index contributed by atoms with van der Waals surface area (Å²) in [6, 6.07) is 0. The molecule has 1 rings (SSSR count). The van der Waals surface area contributed by atoms with Gasteiger partial charge in [-0.15, -0.1) is 0 Å². The van der Waals surface area contributed by atoms with Gasteiger partial charge in [-0.05, 0) is 31.9 Å². The van der Waals surface area contributed by atoms with E-state index in [-0.39, 0.29) is 23.2 Å². The fourth-order valence-corrected chi connectivity index (χ4v) is 1.54. The quantitative estimate of drug-likeness (QED) is 0.754. The smallest absolute Gasteiger partial charge is 0.140 e. The summed E-state index contributed by atoms with van der Waals surface area (Å²) in [5, 5.41) is 9.08. The van der Waals surface area contributed by atoms with Crippen LogP contribution in [-0.2, 0) is 9.59 Å². The van der Waals surface area contributed by atoms with Crippen LogP contribution in [0.25, 0.3) is 0 Å². The van der Waals surface area contributed by atoms with Crippen LogP contribution in [0.15, 0.2) is 24.0 Å².